The summed E-state index contributed by atoms with van der Waals surface area (Å²) in [4.78, 5) is 24.2. The Labute approximate surface area is 130 Å². The van der Waals surface area contributed by atoms with Gasteiger partial charge in [-0.3, -0.25) is 9.59 Å². The van der Waals surface area contributed by atoms with E-state index >= 15 is 0 Å². The number of fused-ring (bicyclic) bond motifs is 4. The Morgan fingerprint density at radius 3 is 2.41 bits per heavy atom. The third-order valence-electron chi connectivity index (χ3n) is 6.67. The van der Waals surface area contributed by atoms with Crippen LogP contribution in [0, 0.1) is 29.6 Å². The van der Waals surface area contributed by atoms with Gasteiger partial charge in [-0.1, -0.05) is 6.42 Å². The Morgan fingerprint density at radius 1 is 1.09 bits per heavy atom. The number of amides is 1. The summed E-state index contributed by atoms with van der Waals surface area (Å²) in [5.74, 6) is 0.0300. The van der Waals surface area contributed by atoms with E-state index in [1.54, 1.807) is 0 Å². The normalized spacial score (nSPS) is 46.9. The van der Waals surface area contributed by atoms with Gasteiger partial charge in [0, 0.05) is 6.04 Å². The quantitative estimate of drug-likeness (QED) is 0.830. The summed E-state index contributed by atoms with van der Waals surface area (Å²) in [7, 11) is 0. The minimum absolute atomic E-state index is 0.102. The molecule has 2 heterocycles. The number of carbonyl (C=O) groups excluding carboxylic acids is 1. The van der Waals surface area contributed by atoms with Gasteiger partial charge in [0.1, 0.15) is 0 Å². The average molecular weight is 307 g/mol. The SMILES string of the molecule is C[C@H](NC(=O)[C@H]1[C@@H](C(=O)O)[C@@H]2CC[C@@H]1O2)[C@@H]1C[C@@H]2CC[C@@H]1C2. The van der Waals surface area contributed by atoms with E-state index in [9.17, 15) is 14.7 Å². The first-order valence-corrected chi connectivity index (χ1v) is 8.73. The molecule has 4 bridgehead atoms. The molecule has 0 aromatic rings. The second-order valence-electron chi connectivity index (χ2n) is 7.82. The second-order valence-corrected chi connectivity index (χ2v) is 7.82. The fraction of sp³-hybridized carbons (Fsp3) is 0.882. The summed E-state index contributed by atoms with van der Waals surface area (Å²) in [6.45, 7) is 2.09. The van der Waals surface area contributed by atoms with Crippen molar-refractivity contribution in [2.24, 2.45) is 29.6 Å². The number of carboxylic acid groups (broad SMARTS) is 1. The molecule has 2 N–H and O–H groups in total. The summed E-state index contributed by atoms with van der Waals surface area (Å²) < 4.78 is 5.69. The third kappa shape index (κ3) is 2.16. The minimum atomic E-state index is -0.889. The number of carbonyl (C=O) groups is 2. The lowest BCUT2D eigenvalue weighted by Gasteiger charge is -2.31. The highest BCUT2D eigenvalue weighted by Crippen LogP contribution is 2.50. The van der Waals surface area contributed by atoms with E-state index in [2.05, 4.69) is 12.2 Å². The second kappa shape index (κ2) is 5.22. The van der Waals surface area contributed by atoms with Crippen LogP contribution in [0.4, 0.5) is 0 Å². The average Bonchev–Trinajstić information content (AvgIpc) is 3.24. The highest BCUT2D eigenvalue weighted by Gasteiger charge is 2.56. The van der Waals surface area contributed by atoms with Gasteiger partial charge in [0.15, 0.2) is 0 Å². The molecule has 4 rings (SSSR count). The van der Waals surface area contributed by atoms with Crippen LogP contribution in [0.1, 0.15) is 45.4 Å². The van der Waals surface area contributed by atoms with Gasteiger partial charge in [-0.15, -0.1) is 0 Å². The molecular weight excluding hydrogens is 282 g/mol. The van der Waals surface area contributed by atoms with Crippen LogP contribution >= 0.6 is 0 Å². The standard InChI is InChI=1S/C17H25NO4/c1-8(11-7-9-2-3-10(11)6-9)18-16(19)14-12-4-5-13(22-12)15(14)17(20)21/h8-15H,2-7H2,1H3,(H,18,19)(H,20,21)/t8-,9+,10+,11-,12-,13-,14+,15-/m0/s1. The number of ether oxygens (including phenoxy) is 1. The van der Waals surface area contributed by atoms with Gasteiger partial charge >= 0.3 is 5.97 Å². The maximum absolute atomic E-state index is 12.7. The molecule has 2 saturated heterocycles. The Kier molecular flexibility index (Phi) is 3.44. The molecule has 5 nitrogen and oxygen atoms in total. The molecule has 2 aliphatic carbocycles. The Bertz CT molecular complexity index is 493. The van der Waals surface area contributed by atoms with E-state index < -0.39 is 17.8 Å². The fourth-order valence-corrected chi connectivity index (χ4v) is 5.66. The fourth-order valence-electron chi connectivity index (χ4n) is 5.66. The van der Waals surface area contributed by atoms with Gasteiger partial charge in [0.25, 0.3) is 0 Å². The van der Waals surface area contributed by atoms with Gasteiger partial charge in [-0.25, -0.2) is 0 Å². The van der Waals surface area contributed by atoms with E-state index in [0.717, 1.165) is 24.7 Å². The molecule has 0 aromatic heterocycles. The first-order chi connectivity index (χ1) is 10.5. The van der Waals surface area contributed by atoms with E-state index in [1.807, 2.05) is 0 Å². The van der Waals surface area contributed by atoms with Crippen LogP contribution < -0.4 is 5.32 Å². The zero-order valence-corrected chi connectivity index (χ0v) is 13.0. The molecule has 1 amide bonds. The monoisotopic (exact) mass is 307 g/mol. The Morgan fingerprint density at radius 2 is 1.82 bits per heavy atom. The minimum Gasteiger partial charge on any atom is -0.481 e. The molecule has 4 aliphatic rings. The molecule has 22 heavy (non-hydrogen) atoms. The maximum Gasteiger partial charge on any atom is 0.310 e. The largest absolute Gasteiger partial charge is 0.481 e. The van der Waals surface area contributed by atoms with Gasteiger partial charge < -0.3 is 15.2 Å². The topological polar surface area (TPSA) is 75.6 Å². The number of hydrogen-bond acceptors (Lipinski definition) is 3. The highest BCUT2D eigenvalue weighted by molar-refractivity contribution is 5.86. The van der Waals surface area contributed by atoms with Crippen LogP contribution in [0.5, 0.6) is 0 Å². The first kappa shape index (κ1) is 14.5. The Balaban J connectivity index is 1.42. The van der Waals surface area contributed by atoms with Crippen molar-refractivity contribution < 1.29 is 19.4 Å². The predicted molar refractivity (Wildman–Crippen MR) is 79.1 cm³/mol. The van der Waals surface area contributed by atoms with E-state index in [0.29, 0.717) is 5.92 Å². The molecule has 122 valence electrons. The number of rotatable bonds is 4. The molecule has 2 aliphatic heterocycles. The van der Waals surface area contributed by atoms with Gasteiger partial charge in [-0.2, -0.15) is 0 Å². The zero-order chi connectivity index (χ0) is 15.4. The van der Waals surface area contributed by atoms with Crippen molar-refractivity contribution in [3.05, 3.63) is 0 Å². The summed E-state index contributed by atoms with van der Waals surface area (Å²) in [5, 5.41) is 12.6. The van der Waals surface area contributed by atoms with E-state index in [1.165, 1.54) is 25.7 Å². The van der Waals surface area contributed by atoms with Gasteiger partial charge in [0.05, 0.1) is 24.0 Å². The molecule has 8 atom stereocenters. The molecule has 5 heteroatoms. The first-order valence-electron chi connectivity index (χ1n) is 8.73. The van der Waals surface area contributed by atoms with Crippen molar-refractivity contribution in [1.29, 1.82) is 0 Å². The van der Waals surface area contributed by atoms with Crippen LogP contribution in [0.15, 0.2) is 0 Å². The number of nitrogens with one attached hydrogen (secondary N) is 1. The number of hydrogen-bond donors (Lipinski definition) is 2. The summed E-state index contributed by atoms with van der Waals surface area (Å²) in [6, 6.07) is 0.149. The van der Waals surface area contributed by atoms with Crippen molar-refractivity contribution in [3.63, 3.8) is 0 Å². The van der Waals surface area contributed by atoms with Crippen LogP contribution in [-0.2, 0) is 14.3 Å². The molecule has 0 aromatic carbocycles. The lowest BCUT2D eigenvalue weighted by atomic mass is 9.78. The van der Waals surface area contributed by atoms with Crippen LogP contribution in [-0.4, -0.2) is 35.2 Å². The van der Waals surface area contributed by atoms with Crippen LogP contribution in [0.3, 0.4) is 0 Å². The van der Waals surface area contributed by atoms with E-state index in [4.69, 9.17) is 4.74 Å². The van der Waals surface area contributed by atoms with Crippen molar-refractivity contribution in [2.45, 2.75) is 63.7 Å². The smallest absolute Gasteiger partial charge is 0.310 e. The number of aliphatic carboxylic acids is 1. The lowest BCUT2D eigenvalue weighted by Crippen LogP contribution is -2.48. The van der Waals surface area contributed by atoms with Crippen LogP contribution in [0.25, 0.3) is 0 Å². The molecule has 0 unspecified atom stereocenters. The Hall–Kier alpha value is -1.10. The van der Waals surface area contributed by atoms with Crippen molar-refractivity contribution in [3.8, 4) is 0 Å². The van der Waals surface area contributed by atoms with Gasteiger partial charge in [-0.05, 0) is 56.8 Å². The molecule has 0 spiro atoms. The highest BCUT2D eigenvalue weighted by atomic mass is 16.5. The van der Waals surface area contributed by atoms with Crippen LogP contribution in [0.2, 0.25) is 0 Å². The predicted octanol–water partition coefficient (Wildman–Crippen LogP) is 1.81. The molecule has 0 radical (unpaired) electrons. The van der Waals surface area contributed by atoms with Crippen molar-refractivity contribution in [2.75, 3.05) is 0 Å². The van der Waals surface area contributed by atoms with Gasteiger partial charge in [0.2, 0.25) is 5.91 Å². The van der Waals surface area contributed by atoms with Crippen molar-refractivity contribution in [1.82, 2.24) is 5.32 Å². The summed E-state index contributed by atoms with van der Waals surface area (Å²) in [5.41, 5.74) is 0. The third-order valence-corrected chi connectivity index (χ3v) is 6.67. The molecule has 2 saturated carbocycles. The lowest BCUT2D eigenvalue weighted by molar-refractivity contribution is -0.148. The maximum atomic E-state index is 12.7. The van der Waals surface area contributed by atoms with E-state index in [-0.39, 0.29) is 24.2 Å². The zero-order valence-electron chi connectivity index (χ0n) is 13.0. The molecule has 4 fully saturated rings. The molecular formula is C17H25NO4. The summed E-state index contributed by atoms with van der Waals surface area (Å²) in [6.07, 6.45) is 6.31. The number of carboxylic acids is 1. The summed E-state index contributed by atoms with van der Waals surface area (Å²) >= 11 is 0. The van der Waals surface area contributed by atoms with Crippen molar-refractivity contribution >= 4 is 11.9 Å².